The maximum absolute atomic E-state index is 13.9. The van der Waals surface area contributed by atoms with Crippen LogP contribution < -0.4 is 0 Å². The minimum atomic E-state index is -2.68. The van der Waals surface area contributed by atoms with Gasteiger partial charge in [-0.2, -0.15) is 0 Å². The summed E-state index contributed by atoms with van der Waals surface area (Å²) in [5.74, 6) is -2.68. The smallest absolute Gasteiger partial charge is 0.282 e. The number of hydrogen-bond donors (Lipinski definition) is 1. The van der Waals surface area contributed by atoms with Gasteiger partial charge in [-0.1, -0.05) is 11.8 Å². The van der Waals surface area contributed by atoms with Crippen LogP contribution in [0.15, 0.2) is 4.99 Å². The molecule has 102 valence electrons. The molecular formula is C10H13F3N2O2S. The highest BCUT2D eigenvalue weighted by Gasteiger charge is 2.52. The van der Waals surface area contributed by atoms with Crippen molar-refractivity contribution < 1.29 is 23.0 Å². The SMILES string of the molecule is C[C@H]1O[C@@H]2SC(N3CC(F)(F)C3)=N[C@@H]2[C@H](F)[C@H]1O. The molecule has 18 heavy (non-hydrogen) atoms. The van der Waals surface area contributed by atoms with E-state index < -0.39 is 35.8 Å². The predicted molar refractivity (Wildman–Crippen MR) is 60.6 cm³/mol. The first-order valence-electron chi connectivity index (χ1n) is 5.72. The number of aliphatic hydroxyl groups is 1. The third-order valence-electron chi connectivity index (χ3n) is 3.36. The van der Waals surface area contributed by atoms with Crippen LogP contribution in [0.4, 0.5) is 13.2 Å². The number of likely N-dealkylation sites (tertiary alicyclic amines) is 1. The van der Waals surface area contributed by atoms with Crippen LogP contribution in [0.25, 0.3) is 0 Å². The van der Waals surface area contributed by atoms with Gasteiger partial charge in [-0.25, -0.2) is 13.2 Å². The summed E-state index contributed by atoms with van der Waals surface area (Å²) >= 11 is 1.16. The lowest BCUT2D eigenvalue weighted by atomic mass is 10.0. The number of ether oxygens (including phenoxy) is 1. The van der Waals surface area contributed by atoms with Crippen LogP contribution in [0, 0.1) is 0 Å². The molecule has 1 N–H and O–H groups in total. The highest BCUT2D eigenvalue weighted by Crippen LogP contribution is 2.41. The van der Waals surface area contributed by atoms with Crippen molar-refractivity contribution in [2.45, 2.75) is 42.7 Å². The van der Waals surface area contributed by atoms with Crippen LogP contribution in [0.1, 0.15) is 6.92 Å². The predicted octanol–water partition coefficient (Wildman–Crippen LogP) is 0.853. The Morgan fingerprint density at radius 3 is 2.78 bits per heavy atom. The molecule has 2 fully saturated rings. The number of fused-ring (bicyclic) bond motifs is 1. The normalized spacial score (nSPS) is 46.4. The van der Waals surface area contributed by atoms with E-state index in [2.05, 4.69) is 4.99 Å². The number of nitrogens with zero attached hydrogens (tertiary/aromatic N) is 2. The topological polar surface area (TPSA) is 45.1 Å². The van der Waals surface area contributed by atoms with Crippen LogP contribution in [0.3, 0.4) is 0 Å². The minimum Gasteiger partial charge on any atom is -0.387 e. The lowest BCUT2D eigenvalue weighted by Crippen LogP contribution is -2.57. The molecule has 0 aliphatic carbocycles. The van der Waals surface area contributed by atoms with Gasteiger partial charge in [0.05, 0.1) is 19.2 Å². The van der Waals surface area contributed by atoms with Crippen molar-refractivity contribution in [3.05, 3.63) is 0 Å². The van der Waals surface area contributed by atoms with Gasteiger partial charge in [-0.3, -0.25) is 4.99 Å². The molecule has 0 saturated carbocycles. The van der Waals surface area contributed by atoms with E-state index in [1.807, 2.05) is 0 Å². The molecule has 3 aliphatic rings. The summed E-state index contributed by atoms with van der Waals surface area (Å²) in [6.45, 7) is 0.824. The number of hydrogen-bond acceptors (Lipinski definition) is 5. The quantitative estimate of drug-likeness (QED) is 0.715. The molecule has 0 aromatic heterocycles. The van der Waals surface area contributed by atoms with E-state index in [1.165, 1.54) is 4.90 Å². The van der Waals surface area contributed by atoms with Gasteiger partial charge in [0.1, 0.15) is 17.6 Å². The third-order valence-corrected chi connectivity index (χ3v) is 4.55. The Balaban J connectivity index is 1.71. The van der Waals surface area contributed by atoms with Gasteiger partial charge >= 0.3 is 0 Å². The largest absolute Gasteiger partial charge is 0.387 e. The van der Waals surface area contributed by atoms with Gasteiger partial charge in [0.25, 0.3) is 5.92 Å². The first kappa shape index (κ1) is 12.6. The molecule has 0 bridgehead atoms. The zero-order valence-corrected chi connectivity index (χ0v) is 10.4. The molecule has 0 aromatic carbocycles. The summed E-state index contributed by atoms with van der Waals surface area (Å²) in [4.78, 5) is 5.49. The minimum absolute atomic E-state index is 0.382. The average molecular weight is 282 g/mol. The summed E-state index contributed by atoms with van der Waals surface area (Å²) in [5, 5.41) is 9.95. The van der Waals surface area contributed by atoms with Crippen molar-refractivity contribution in [2.75, 3.05) is 13.1 Å². The molecule has 0 spiro atoms. The van der Waals surface area contributed by atoms with Crippen LogP contribution >= 0.6 is 11.8 Å². The standard InChI is InChI=1S/C10H13F3N2O2S/c1-4-7(16)5(11)6-8(17-4)18-9(14-6)15-2-10(12,13)3-15/h4-8,16H,2-3H2,1H3/t4-,5+,6-,7+,8-/m1/s1. The number of halogens is 3. The lowest BCUT2D eigenvalue weighted by Gasteiger charge is -2.39. The van der Waals surface area contributed by atoms with E-state index in [0.29, 0.717) is 5.17 Å². The second kappa shape index (κ2) is 4.01. The molecule has 4 nitrogen and oxygen atoms in total. The number of thioether (sulfide) groups is 1. The van der Waals surface area contributed by atoms with Crippen molar-refractivity contribution in [1.82, 2.24) is 4.90 Å². The monoisotopic (exact) mass is 282 g/mol. The summed E-state index contributed by atoms with van der Waals surface area (Å²) in [6.07, 6.45) is -3.33. The average Bonchev–Trinajstić information content (AvgIpc) is 2.66. The fourth-order valence-corrected chi connectivity index (χ4v) is 3.53. The molecule has 3 rings (SSSR count). The Labute approximate surface area is 106 Å². The van der Waals surface area contributed by atoms with Crippen LogP contribution in [0.5, 0.6) is 0 Å². The molecule has 0 unspecified atom stereocenters. The van der Waals surface area contributed by atoms with Gasteiger partial charge in [-0.05, 0) is 6.92 Å². The second-order valence-electron chi connectivity index (χ2n) is 4.88. The van der Waals surface area contributed by atoms with E-state index in [1.54, 1.807) is 6.92 Å². The molecule has 2 saturated heterocycles. The van der Waals surface area contributed by atoms with Crippen LogP contribution in [-0.2, 0) is 4.74 Å². The van der Waals surface area contributed by atoms with E-state index >= 15 is 0 Å². The first-order chi connectivity index (χ1) is 8.37. The van der Waals surface area contributed by atoms with Crippen LogP contribution in [-0.4, -0.2) is 64.0 Å². The van der Waals surface area contributed by atoms with E-state index in [4.69, 9.17) is 4.74 Å². The van der Waals surface area contributed by atoms with Crippen molar-refractivity contribution in [3.8, 4) is 0 Å². The Bertz CT molecular complexity index is 387. The molecular weight excluding hydrogens is 269 g/mol. The summed E-state index contributed by atoms with van der Waals surface area (Å²) in [5.41, 5.74) is -0.525. The lowest BCUT2D eigenvalue weighted by molar-refractivity contribution is -0.123. The van der Waals surface area contributed by atoms with Crippen molar-refractivity contribution >= 4 is 16.9 Å². The van der Waals surface area contributed by atoms with Gasteiger partial charge in [0.2, 0.25) is 0 Å². The summed E-state index contributed by atoms with van der Waals surface area (Å²) < 4.78 is 44.8. The molecule has 0 amide bonds. The fraction of sp³-hybridized carbons (Fsp3) is 0.900. The van der Waals surface area contributed by atoms with Gasteiger partial charge in [0.15, 0.2) is 11.3 Å². The number of aliphatic hydroxyl groups excluding tert-OH is 1. The van der Waals surface area contributed by atoms with Crippen molar-refractivity contribution in [2.24, 2.45) is 4.99 Å². The Kier molecular flexibility index (Phi) is 2.80. The van der Waals surface area contributed by atoms with Crippen molar-refractivity contribution in [1.29, 1.82) is 0 Å². The third kappa shape index (κ3) is 1.90. The Morgan fingerprint density at radius 2 is 2.17 bits per heavy atom. The fourth-order valence-electron chi connectivity index (χ4n) is 2.28. The van der Waals surface area contributed by atoms with E-state index in [0.717, 1.165) is 11.8 Å². The van der Waals surface area contributed by atoms with Crippen LogP contribution in [0.2, 0.25) is 0 Å². The van der Waals surface area contributed by atoms with Gasteiger partial charge < -0.3 is 14.7 Å². The molecule has 0 radical (unpaired) electrons. The summed E-state index contributed by atoms with van der Waals surface area (Å²) in [7, 11) is 0. The maximum atomic E-state index is 13.9. The first-order valence-corrected chi connectivity index (χ1v) is 6.60. The van der Waals surface area contributed by atoms with E-state index in [-0.39, 0.29) is 13.1 Å². The number of amidine groups is 1. The maximum Gasteiger partial charge on any atom is 0.282 e. The molecule has 0 aromatic rings. The molecule has 3 aliphatic heterocycles. The molecule has 5 atom stereocenters. The zero-order chi connectivity index (χ0) is 13.1. The van der Waals surface area contributed by atoms with Gasteiger partial charge in [-0.15, -0.1) is 0 Å². The number of alkyl halides is 3. The van der Waals surface area contributed by atoms with Crippen molar-refractivity contribution in [3.63, 3.8) is 0 Å². The zero-order valence-electron chi connectivity index (χ0n) is 9.59. The molecule has 8 heteroatoms. The van der Waals surface area contributed by atoms with E-state index in [9.17, 15) is 18.3 Å². The highest BCUT2D eigenvalue weighted by molar-refractivity contribution is 8.14. The summed E-state index contributed by atoms with van der Waals surface area (Å²) in [6, 6.07) is -0.801. The second-order valence-corrected chi connectivity index (χ2v) is 5.94. The number of rotatable bonds is 0. The molecule has 3 heterocycles. The Hall–Kier alpha value is -0.470. The van der Waals surface area contributed by atoms with Gasteiger partial charge in [0, 0.05) is 0 Å². The highest BCUT2D eigenvalue weighted by atomic mass is 32.2. The number of aliphatic imine (C=N–C) groups is 1. The Morgan fingerprint density at radius 1 is 1.50 bits per heavy atom.